The average Bonchev–Trinajstić information content (AvgIpc) is 2.07. The molecule has 0 N–H and O–H groups in total. The Morgan fingerprint density at radius 1 is 1.43 bits per heavy atom. The molecule has 1 unspecified atom stereocenters. The van der Waals surface area contributed by atoms with Gasteiger partial charge in [0.15, 0.2) is 9.84 Å². The Balaban J connectivity index is 2.61. The molecule has 1 aliphatic heterocycles. The van der Waals surface area contributed by atoms with E-state index in [1.165, 1.54) is 0 Å². The van der Waals surface area contributed by atoms with Crippen LogP contribution in [0.25, 0.3) is 0 Å². The lowest BCUT2D eigenvalue weighted by atomic mass is 10.1. The molecule has 4 heteroatoms. The maximum atomic E-state index is 11.4. The second-order valence-corrected chi connectivity index (χ2v) is 6.79. The first kappa shape index (κ1) is 12.0. The smallest absolute Gasteiger partial charge is 0.153 e. The molecule has 0 bridgehead atoms. The van der Waals surface area contributed by atoms with Gasteiger partial charge < -0.3 is 0 Å². The molecule has 0 amide bonds. The predicted octanol–water partition coefficient (Wildman–Crippen LogP) is 1.15. The van der Waals surface area contributed by atoms with E-state index in [1.54, 1.807) is 0 Å². The molecule has 1 aliphatic rings. The molecule has 0 spiro atoms. The minimum Gasteiger partial charge on any atom is -0.298 e. The lowest BCUT2D eigenvalue weighted by Gasteiger charge is -2.35. The van der Waals surface area contributed by atoms with Crippen molar-refractivity contribution in [3.05, 3.63) is 0 Å². The van der Waals surface area contributed by atoms with Crippen molar-refractivity contribution in [2.75, 3.05) is 24.6 Å². The summed E-state index contributed by atoms with van der Waals surface area (Å²) >= 11 is 0. The predicted molar refractivity (Wildman–Crippen MR) is 59.1 cm³/mol. The molecular weight excluding hydrogens is 198 g/mol. The third-order valence-electron chi connectivity index (χ3n) is 2.72. The van der Waals surface area contributed by atoms with Crippen LogP contribution in [0.5, 0.6) is 0 Å². The van der Waals surface area contributed by atoms with Crippen molar-refractivity contribution in [2.45, 2.75) is 33.2 Å². The molecule has 1 atom stereocenters. The van der Waals surface area contributed by atoms with E-state index in [9.17, 15) is 8.42 Å². The summed E-state index contributed by atoms with van der Waals surface area (Å²) in [6.45, 7) is 8.16. The number of nitrogens with zero attached hydrogens (tertiary/aromatic N) is 1. The normalized spacial score (nSPS) is 28.1. The highest BCUT2D eigenvalue weighted by atomic mass is 32.2. The minimum atomic E-state index is -2.75. The third kappa shape index (κ3) is 3.24. The van der Waals surface area contributed by atoms with Crippen molar-refractivity contribution in [1.29, 1.82) is 0 Å². The van der Waals surface area contributed by atoms with Crippen LogP contribution < -0.4 is 0 Å². The van der Waals surface area contributed by atoms with E-state index in [0.29, 0.717) is 17.4 Å². The molecule has 0 saturated carbocycles. The topological polar surface area (TPSA) is 37.4 Å². The first-order valence-electron chi connectivity index (χ1n) is 5.39. The number of sulfone groups is 1. The van der Waals surface area contributed by atoms with Gasteiger partial charge in [-0.3, -0.25) is 4.90 Å². The highest BCUT2D eigenvalue weighted by Gasteiger charge is 2.29. The highest BCUT2D eigenvalue weighted by Crippen LogP contribution is 2.15. The zero-order chi connectivity index (χ0) is 10.8. The van der Waals surface area contributed by atoms with Crippen molar-refractivity contribution >= 4 is 9.84 Å². The number of hydrogen-bond acceptors (Lipinski definition) is 3. The Bertz CT molecular complexity index is 272. The van der Waals surface area contributed by atoms with Crippen molar-refractivity contribution in [3.63, 3.8) is 0 Å². The summed E-state index contributed by atoms with van der Waals surface area (Å²) < 4.78 is 22.8. The average molecular weight is 219 g/mol. The summed E-state index contributed by atoms with van der Waals surface area (Å²) in [5.74, 6) is 1.32. The SMILES string of the molecule is CCC1CS(=O)(=O)CCN1CC(C)C. The van der Waals surface area contributed by atoms with E-state index in [1.807, 2.05) is 0 Å². The van der Waals surface area contributed by atoms with E-state index in [2.05, 4.69) is 25.7 Å². The van der Waals surface area contributed by atoms with Gasteiger partial charge in [-0.2, -0.15) is 0 Å². The van der Waals surface area contributed by atoms with Crippen molar-refractivity contribution in [1.82, 2.24) is 4.90 Å². The number of rotatable bonds is 3. The second kappa shape index (κ2) is 4.62. The molecule has 0 aromatic heterocycles. The van der Waals surface area contributed by atoms with Crippen LogP contribution in [0.15, 0.2) is 0 Å². The van der Waals surface area contributed by atoms with Crippen LogP contribution in [0, 0.1) is 5.92 Å². The molecule has 0 aromatic carbocycles. The van der Waals surface area contributed by atoms with Crippen LogP contribution in [-0.4, -0.2) is 44.0 Å². The van der Waals surface area contributed by atoms with Crippen LogP contribution in [0.2, 0.25) is 0 Å². The molecule has 14 heavy (non-hydrogen) atoms. The third-order valence-corrected chi connectivity index (χ3v) is 4.42. The molecule has 1 saturated heterocycles. The standard InChI is InChI=1S/C10H21NO2S/c1-4-10-8-14(12,13)6-5-11(10)7-9(2)3/h9-10H,4-8H2,1-3H3. The monoisotopic (exact) mass is 219 g/mol. The van der Waals surface area contributed by atoms with Crippen LogP contribution >= 0.6 is 0 Å². The maximum absolute atomic E-state index is 11.4. The Morgan fingerprint density at radius 2 is 2.07 bits per heavy atom. The molecule has 0 aliphatic carbocycles. The molecule has 3 nitrogen and oxygen atoms in total. The van der Waals surface area contributed by atoms with Crippen molar-refractivity contribution < 1.29 is 8.42 Å². The van der Waals surface area contributed by atoms with Crippen molar-refractivity contribution in [2.24, 2.45) is 5.92 Å². The fraction of sp³-hybridized carbons (Fsp3) is 1.00. The Hall–Kier alpha value is -0.0900. The summed E-state index contributed by atoms with van der Waals surface area (Å²) in [5, 5.41) is 0. The van der Waals surface area contributed by atoms with Gasteiger partial charge in [-0.25, -0.2) is 8.42 Å². The largest absolute Gasteiger partial charge is 0.298 e. The summed E-state index contributed by atoms with van der Waals surface area (Å²) in [5.41, 5.74) is 0. The van der Waals surface area contributed by atoms with Crippen LogP contribution in [0.1, 0.15) is 27.2 Å². The minimum absolute atomic E-state index is 0.246. The van der Waals surface area contributed by atoms with E-state index < -0.39 is 9.84 Å². The van der Waals surface area contributed by atoms with Crippen LogP contribution in [0.3, 0.4) is 0 Å². The molecule has 0 radical (unpaired) electrons. The van der Waals surface area contributed by atoms with E-state index in [-0.39, 0.29) is 6.04 Å². The van der Waals surface area contributed by atoms with Gasteiger partial charge >= 0.3 is 0 Å². The van der Waals surface area contributed by atoms with Gasteiger partial charge in [0.05, 0.1) is 11.5 Å². The first-order valence-corrected chi connectivity index (χ1v) is 7.21. The van der Waals surface area contributed by atoms with Gasteiger partial charge in [0.2, 0.25) is 0 Å². The lowest BCUT2D eigenvalue weighted by molar-refractivity contribution is 0.186. The number of hydrogen-bond donors (Lipinski definition) is 0. The zero-order valence-electron chi connectivity index (χ0n) is 9.36. The summed E-state index contributed by atoms with van der Waals surface area (Å²) in [6.07, 6.45) is 0.936. The molecular formula is C10H21NO2S. The molecule has 1 heterocycles. The molecule has 1 fully saturated rings. The van der Waals surface area contributed by atoms with E-state index in [4.69, 9.17) is 0 Å². The second-order valence-electron chi connectivity index (χ2n) is 4.57. The van der Waals surface area contributed by atoms with E-state index >= 15 is 0 Å². The highest BCUT2D eigenvalue weighted by molar-refractivity contribution is 7.91. The fourth-order valence-electron chi connectivity index (χ4n) is 2.01. The van der Waals surface area contributed by atoms with Gasteiger partial charge in [-0.15, -0.1) is 0 Å². The molecule has 0 aromatic rings. The van der Waals surface area contributed by atoms with Gasteiger partial charge in [-0.05, 0) is 12.3 Å². The van der Waals surface area contributed by atoms with Gasteiger partial charge in [0, 0.05) is 19.1 Å². The summed E-state index contributed by atoms with van der Waals surface area (Å²) in [4.78, 5) is 2.33. The van der Waals surface area contributed by atoms with E-state index in [0.717, 1.165) is 19.5 Å². The van der Waals surface area contributed by atoms with Gasteiger partial charge in [0.25, 0.3) is 0 Å². The Kier molecular flexibility index (Phi) is 3.95. The van der Waals surface area contributed by atoms with Crippen LogP contribution in [-0.2, 0) is 9.84 Å². The zero-order valence-corrected chi connectivity index (χ0v) is 10.2. The van der Waals surface area contributed by atoms with Crippen LogP contribution in [0.4, 0.5) is 0 Å². The molecule has 1 rings (SSSR count). The fourth-order valence-corrected chi connectivity index (χ4v) is 3.72. The lowest BCUT2D eigenvalue weighted by Crippen LogP contribution is -2.49. The first-order chi connectivity index (χ1) is 6.44. The molecule has 84 valence electrons. The van der Waals surface area contributed by atoms with Gasteiger partial charge in [0.1, 0.15) is 0 Å². The Labute approximate surface area is 87.4 Å². The maximum Gasteiger partial charge on any atom is 0.153 e. The summed E-state index contributed by atoms with van der Waals surface area (Å²) in [6, 6.07) is 0.246. The van der Waals surface area contributed by atoms with Crippen molar-refractivity contribution in [3.8, 4) is 0 Å². The quantitative estimate of drug-likeness (QED) is 0.714. The summed E-state index contributed by atoms with van der Waals surface area (Å²) in [7, 11) is -2.75. The Morgan fingerprint density at radius 3 is 2.57 bits per heavy atom. The van der Waals surface area contributed by atoms with Gasteiger partial charge in [-0.1, -0.05) is 20.8 Å².